The van der Waals surface area contributed by atoms with E-state index in [0.717, 1.165) is 17.1 Å². The zero-order valence-electron chi connectivity index (χ0n) is 36.8. The number of fused-ring (bicyclic) bond motifs is 14. The van der Waals surface area contributed by atoms with Crippen molar-refractivity contribution < 1.29 is 0 Å². The molecule has 0 saturated carbocycles. The summed E-state index contributed by atoms with van der Waals surface area (Å²) in [5.74, 6) is 0. The number of benzene rings is 10. The maximum absolute atomic E-state index is 2.49. The number of aromatic nitrogens is 1. The predicted octanol–water partition coefficient (Wildman–Crippen LogP) is 18.6. The Morgan fingerprint density at radius 1 is 0.418 bits per heavy atom. The van der Waals surface area contributed by atoms with E-state index >= 15 is 0 Å². The molecule has 0 unspecified atom stereocenters. The fourth-order valence-electron chi connectivity index (χ4n) is 12.0. The zero-order valence-corrected chi connectivity index (χ0v) is 38.5. The third-order valence-electron chi connectivity index (χ3n) is 14.9. The monoisotopic (exact) mass is 888 g/mol. The van der Waals surface area contributed by atoms with Crippen molar-refractivity contribution in [2.75, 3.05) is 4.90 Å². The van der Waals surface area contributed by atoms with Gasteiger partial charge in [0.05, 0.1) is 11.2 Å². The maximum Gasteiger partial charge on any atom is 0.0626 e. The van der Waals surface area contributed by atoms with Gasteiger partial charge in [-0.15, -0.1) is 22.7 Å². The van der Waals surface area contributed by atoms with Gasteiger partial charge in [-0.25, -0.2) is 0 Å². The Kier molecular flexibility index (Phi) is 7.63. The summed E-state index contributed by atoms with van der Waals surface area (Å²) in [5, 5.41) is 9.16. The molecule has 2 aliphatic rings. The SMILES string of the molecule is CC1(C)c2cc(N(c3ccc4c(c3)sc3ccccc34)c3ccc4sc5ccccc5c4c3)ccc2-c2cccc(-c3ccc4c(c3)c3c(n4-c4ccccc4)-c4cccc5cccc-3c45)c21. The lowest BCUT2D eigenvalue weighted by molar-refractivity contribution is 0.662. The minimum absolute atomic E-state index is 0.277. The van der Waals surface area contributed by atoms with Crippen LogP contribution in [0.2, 0.25) is 0 Å². The van der Waals surface area contributed by atoms with Crippen molar-refractivity contribution in [2.45, 2.75) is 19.3 Å². The van der Waals surface area contributed by atoms with Crippen LogP contribution in [0.25, 0.3) is 112 Å². The van der Waals surface area contributed by atoms with Crippen molar-refractivity contribution >= 4 is 102 Å². The first-order valence-electron chi connectivity index (χ1n) is 23.2. The Bertz CT molecular complexity index is 4250. The van der Waals surface area contributed by atoms with Gasteiger partial charge in [-0.05, 0) is 129 Å². The molecule has 0 aliphatic heterocycles. The van der Waals surface area contributed by atoms with E-state index < -0.39 is 0 Å². The third-order valence-corrected chi connectivity index (χ3v) is 17.2. The van der Waals surface area contributed by atoms with E-state index in [0.29, 0.717) is 0 Å². The van der Waals surface area contributed by atoms with E-state index in [1.165, 1.54) is 123 Å². The summed E-state index contributed by atoms with van der Waals surface area (Å²) in [6.45, 7) is 4.86. The summed E-state index contributed by atoms with van der Waals surface area (Å²) < 4.78 is 7.74. The molecule has 0 fully saturated rings. The van der Waals surface area contributed by atoms with Crippen LogP contribution in [0.1, 0.15) is 25.0 Å². The molecule has 10 aromatic carbocycles. The number of rotatable bonds is 5. The van der Waals surface area contributed by atoms with Crippen LogP contribution in [-0.4, -0.2) is 4.57 Å². The quantitative estimate of drug-likeness (QED) is 0.167. The molecule has 3 heterocycles. The van der Waals surface area contributed by atoms with Gasteiger partial charge in [0.15, 0.2) is 0 Å². The summed E-state index contributed by atoms with van der Waals surface area (Å²) in [7, 11) is 0. The molecule has 2 nitrogen and oxygen atoms in total. The van der Waals surface area contributed by atoms with E-state index in [2.05, 4.69) is 230 Å². The van der Waals surface area contributed by atoms with Gasteiger partial charge in [-0.3, -0.25) is 0 Å². The number of hydrogen-bond donors (Lipinski definition) is 0. The largest absolute Gasteiger partial charge is 0.310 e. The van der Waals surface area contributed by atoms with Crippen LogP contribution >= 0.6 is 22.7 Å². The molecule has 314 valence electrons. The van der Waals surface area contributed by atoms with Crippen molar-refractivity contribution in [2.24, 2.45) is 0 Å². The van der Waals surface area contributed by atoms with Gasteiger partial charge >= 0.3 is 0 Å². The summed E-state index contributed by atoms with van der Waals surface area (Å²) in [6, 6.07) is 77.5. The molecular formula is C63H40N2S2. The van der Waals surface area contributed by atoms with Gasteiger partial charge in [-0.1, -0.05) is 141 Å². The molecule has 4 heteroatoms. The van der Waals surface area contributed by atoms with E-state index in [1.54, 1.807) is 0 Å². The highest BCUT2D eigenvalue weighted by Gasteiger charge is 2.39. The highest BCUT2D eigenvalue weighted by atomic mass is 32.1. The molecule has 0 amide bonds. The first-order chi connectivity index (χ1) is 33.0. The molecule has 0 N–H and O–H groups in total. The van der Waals surface area contributed by atoms with Gasteiger partial charge in [0, 0.05) is 85.0 Å². The fraction of sp³-hybridized carbons (Fsp3) is 0.0476. The molecule has 67 heavy (non-hydrogen) atoms. The lowest BCUT2D eigenvalue weighted by Crippen LogP contribution is -2.17. The Hall–Kier alpha value is -7.76. The second-order valence-corrected chi connectivity index (χ2v) is 21.0. The van der Waals surface area contributed by atoms with Crippen molar-refractivity contribution in [3.8, 4) is 50.3 Å². The number of anilines is 3. The molecular weight excluding hydrogens is 849 g/mol. The maximum atomic E-state index is 2.49. The summed E-state index contributed by atoms with van der Waals surface area (Å²) in [6.07, 6.45) is 0. The molecule has 0 radical (unpaired) electrons. The topological polar surface area (TPSA) is 8.17 Å². The van der Waals surface area contributed by atoms with Gasteiger partial charge in [0.25, 0.3) is 0 Å². The Balaban J connectivity index is 0.901. The normalized spacial score (nSPS) is 13.3. The van der Waals surface area contributed by atoms with Gasteiger partial charge in [0.2, 0.25) is 0 Å². The summed E-state index contributed by atoms with van der Waals surface area (Å²) in [4.78, 5) is 2.49. The summed E-state index contributed by atoms with van der Waals surface area (Å²) in [5.41, 5.74) is 18.7. The van der Waals surface area contributed by atoms with Crippen molar-refractivity contribution in [1.29, 1.82) is 0 Å². The van der Waals surface area contributed by atoms with E-state index in [1.807, 2.05) is 22.7 Å². The van der Waals surface area contributed by atoms with Gasteiger partial charge in [0.1, 0.15) is 0 Å². The average molecular weight is 889 g/mol. The molecule has 2 aliphatic carbocycles. The van der Waals surface area contributed by atoms with Crippen LogP contribution in [0, 0.1) is 0 Å². The first kappa shape index (κ1) is 37.5. The number of para-hydroxylation sites is 1. The Labute approximate surface area is 395 Å². The minimum atomic E-state index is -0.277. The highest BCUT2D eigenvalue weighted by molar-refractivity contribution is 7.26. The molecule has 15 rings (SSSR count). The van der Waals surface area contributed by atoms with Crippen LogP contribution in [-0.2, 0) is 5.41 Å². The van der Waals surface area contributed by atoms with Crippen LogP contribution in [0.3, 0.4) is 0 Å². The second kappa shape index (κ2) is 13.6. The molecule has 0 spiro atoms. The lowest BCUT2D eigenvalue weighted by atomic mass is 9.78. The molecule has 13 aromatic rings. The molecule has 0 atom stereocenters. The van der Waals surface area contributed by atoms with Crippen LogP contribution in [0.5, 0.6) is 0 Å². The van der Waals surface area contributed by atoms with Crippen molar-refractivity contribution in [1.82, 2.24) is 4.57 Å². The first-order valence-corrected chi connectivity index (χ1v) is 24.8. The molecule has 0 saturated heterocycles. The highest BCUT2D eigenvalue weighted by Crippen LogP contribution is 2.56. The minimum Gasteiger partial charge on any atom is -0.310 e. The number of hydrogen-bond acceptors (Lipinski definition) is 3. The fourth-order valence-corrected chi connectivity index (χ4v) is 14.2. The van der Waals surface area contributed by atoms with Crippen molar-refractivity contribution in [3.63, 3.8) is 0 Å². The summed E-state index contributed by atoms with van der Waals surface area (Å²) >= 11 is 3.75. The van der Waals surface area contributed by atoms with E-state index in [4.69, 9.17) is 0 Å². The average Bonchev–Trinajstić information content (AvgIpc) is 4.16. The van der Waals surface area contributed by atoms with Crippen LogP contribution in [0.4, 0.5) is 17.1 Å². The van der Waals surface area contributed by atoms with Crippen LogP contribution < -0.4 is 4.90 Å². The zero-order chi connectivity index (χ0) is 44.1. The number of nitrogens with zero attached hydrogens (tertiary/aromatic N) is 2. The van der Waals surface area contributed by atoms with E-state index in [9.17, 15) is 0 Å². The Morgan fingerprint density at radius 3 is 1.88 bits per heavy atom. The second-order valence-electron chi connectivity index (χ2n) is 18.8. The van der Waals surface area contributed by atoms with Crippen molar-refractivity contribution in [3.05, 3.63) is 217 Å². The van der Waals surface area contributed by atoms with E-state index in [-0.39, 0.29) is 5.41 Å². The van der Waals surface area contributed by atoms with Crippen LogP contribution in [0.15, 0.2) is 206 Å². The smallest absolute Gasteiger partial charge is 0.0626 e. The van der Waals surface area contributed by atoms with Gasteiger partial charge in [-0.2, -0.15) is 0 Å². The molecule has 0 bridgehead atoms. The third kappa shape index (κ3) is 5.20. The Morgan fingerprint density at radius 2 is 1.04 bits per heavy atom. The number of thiophene rings is 2. The molecule has 3 aromatic heterocycles. The van der Waals surface area contributed by atoms with Gasteiger partial charge < -0.3 is 9.47 Å². The standard InChI is InChI=1S/C63H40N2S2/c1-63(2)53-35-41(64(40-28-32-57-51(34-40)46-18-7-9-24-56(46)66-57)42-27-30-47-45-17-6-8-23-55(45)67-58(47)36-42)26-29-44(53)48-20-12-19-43(61(48)63)38-25-31-54-52(33-38)60-49-21-10-13-37-14-11-22-50(59(37)49)62(60)65(54)39-15-4-3-5-16-39/h3-36H,1-2H3. The predicted molar refractivity (Wildman–Crippen MR) is 289 cm³/mol. The lowest BCUT2D eigenvalue weighted by Gasteiger charge is -2.29.